The Balaban J connectivity index is 1.73. The second-order valence-electron chi connectivity index (χ2n) is 5.99. The number of nitrogens with one attached hydrogen (secondary N) is 1. The molecular formula is C21H26N2O5. The second-order valence-corrected chi connectivity index (χ2v) is 5.99. The van der Waals surface area contributed by atoms with Crippen LogP contribution in [0.25, 0.3) is 0 Å². The Morgan fingerprint density at radius 1 is 0.893 bits per heavy atom. The summed E-state index contributed by atoms with van der Waals surface area (Å²) in [5.74, 6) is 1.91. The van der Waals surface area contributed by atoms with E-state index in [1.807, 2.05) is 12.1 Å². The van der Waals surface area contributed by atoms with Crippen LogP contribution in [-0.2, 0) is 9.59 Å². The van der Waals surface area contributed by atoms with Gasteiger partial charge in [0, 0.05) is 25.6 Å². The summed E-state index contributed by atoms with van der Waals surface area (Å²) in [6.07, 6.45) is 0.203. The van der Waals surface area contributed by atoms with E-state index in [1.54, 1.807) is 55.5 Å². The van der Waals surface area contributed by atoms with E-state index in [1.165, 1.54) is 6.92 Å². The van der Waals surface area contributed by atoms with Crippen molar-refractivity contribution in [2.24, 2.45) is 0 Å². The largest absolute Gasteiger partial charge is 0.497 e. The minimum atomic E-state index is -0.141. The Labute approximate surface area is 165 Å². The lowest BCUT2D eigenvalue weighted by atomic mass is 10.2. The van der Waals surface area contributed by atoms with Crippen LogP contribution in [0.2, 0.25) is 0 Å². The predicted molar refractivity (Wildman–Crippen MR) is 107 cm³/mol. The molecule has 7 heteroatoms. The van der Waals surface area contributed by atoms with Gasteiger partial charge in [0.05, 0.1) is 20.8 Å². The van der Waals surface area contributed by atoms with Gasteiger partial charge >= 0.3 is 0 Å². The molecule has 0 atom stereocenters. The molecule has 2 rings (SSSR count). The molecule has 0 aliphatic carbocycles. The molecule has 2 amide bonds. The third-order valence-electron chi connectivity index (χ3n) is 4.08. The van der Waals surface area contributed by atoms with Gasteiger partial charge in [-0.3, -0.25) is 9.59 Å². The smallest absolute Gasteiger partial charge is 0.223 e. The molecule has 0 unspecified atom stereocenters. The summed E-state index contributed by atoms with van der Waals surface area (Å²) in [4.78, 5) is 25.5. The zero-order chi connectivity index (χ0) is 20.4. The molecule has 0 saturated carbocycles. The summed E-state index contributed by atoms with van der Waals surface area (Å²) in [6.45, 7) is 2.51. The van der Waals surface area contributed by atoms with Crippen LogP contribution < -0.4 is 24.4 Å². The maximum Gasteiger partial charge on any atom is 0.223 e. The van der Waals surface area contributed by atoms with Gasteiger partial charge in [-0.25, -0.2) is 0 Å². The molecule has 0 radical (unpaired) electrons. The number of carbonyl (C=O) groups excluding carboxylic acids is 2. The summed E-state index contributed by atoms with van der Waals surface area (Å²) < 4.78 is 15.8. The minimum absolute atomic E-state index is 0.124. The Morgan fingerprint density at radius 2 is 1.43 bits per heavy atom. The molecule has 7 nitrogen and oxygen atoms in total. The highest BCUT2D eigenvalue weighted by molar-refractivity contribution is 5.92. The number of nitrogens with zero attached hydrogens (tertiary/aromatic N) is 1. The molecule has 0 saturated heterocycles. The zero-order valence-corrected chi connectivity index (χ0v) is 16.4. The zero-order valence-electron chi connectivity index (χ0n) is 16.4. The van der Waals surface area contributed by atoms with Crippen LogP contribution in [0.15, 0.2) is 48.5 Å². The fourth-order valence-electron chi connectivity index (χ4n) is 2.56. The lowest BCUT2D eigenvalue weighted by Crippen LogP contribution is -2.35. The number of benzene rings is 2. The SMILES string of the molecule is COc1ccc(OCCNC(=O)CCN(C(C)=O)c2ccc(OC)cc2)cc1. The Kier molecular flexibility index (Phi) is 8.14. The Hall–Kier alpha value is -3.22. The van der Waals surface area contributed by atoms with Crippen molar-refractivity contribution < 1.29 is 23.8 Å². The van der Waals surface area contributed by atoms with E-state index in [9.17, 15) is 9.59 Å². The first kappa shape index (κ1) is 21.1. The highest BCUT2D eigenvalue weighted by Crippen LogP contribution is 2.20. The number of rotatable bonds is 10. The minimum Gasteiger partial charge on any atom is -0.497 e. The first-order valence-electron chi connectivity index (χ1n) is 8.99. The lowest BCUT2D eigenvalue weighted by Gasteiger charge is -2.21. The van der Waals surface area contributed by atoms with Crippen molar-refractivity contribution >= 4 is 17.5 Å². The molecule has 150 valence electrons. The van der Waals surface area contributed by atoms with Crippen LogP contribution in [0, 0.1) is 0 Å². The number of hydrogen-bond acceptors (Lipinski definition) is 5. The van der Waals surface area contributed by atoms with Gasteiger partial charge in [-0.05, 0) is 48.5 Å². The summed E-state index contributed by atoms with van der Waals surface area (Å²) in [7, 11) is 3.19. The van der Waals surface area contributed by atoms with E-state index in [2.05, 4.69) is 5.32 Å². The lowest BCUT2D eigenvalue weighted by molar-refractivity contribution is -0.121. The topological polar surface area (TPSA) is 77.1 Å². The Morgan fingerprint density at radius 3 is 1.96 bits per heavy atom. The molecule has 0 bridgehead atoms. The maximum atomic E-state index is 12.1. The molecule has 28 heavy (non-hydrogen) atoms. The average molecular weight is 386 g/mol. The van der Waals surface area contributed by atoms with Gasteiger partial charge in [0.1, 0.15) is 23.9 Å². The van der Waals surface area contributed by atoms with Crippen LogP contribution in [0.1, 0.15) is 13.3 Å². The van der Waals surface area contributed by atoms with Crippen molar-refractivity contribution in [1.29, 1.82) is 0 Å². The number of carbonyl (C=O) groups is 2. The van der Waals surface area contributed by atoms with E-state index in [4.69, 9.17) is 14.2 Å². The van der Waals surface area contributed by atoms with Gasteiger partial charge in [-0.1, -0.05) is 0 Å². The summed E-state index contributed by atoms with van der Waals surface area (Å²) >= 11 is 0. The fraction of sp³-hybridized carbons (Fsp3) is 0.333. The number of amides is 2. The quantitative estimate of drug-likeness (QED) is 0.635. The van der Waals surface area contributed by atoms with Crippen molar-refractivity contribution in [2.45, 2.75) is 13.3 Å². The summed E-state index contributed by atoms with van der Waals surface area (Å²) in [5.41, 5.74) is 0.726. The highest BCUT2D eigenvalue weighted by Gasteiger charge is 2.13. The number of ether oxygens (including phenoxy) is 3. The Bertz CT molecular complexity index is 759. The standard InChI is InChI=1S/C21H26N2O5/c1-16(24)23(17-4-6-18(26-2)7-5-17)14-12-21(25)22-13-15-28-20-10-8-19(27-3)9-11-20/h4-11H,12-15H2,1-3H3,(H,22,25). The molecule has 0 spiro atoms. The van der Waals surface area contributed by atoms with E-state index >= 15 is 0 Å². The van der Waals surface area contributed by atoms with E-state index in [0.717, 1.165) is 11.4 Å². The van der Waals surface area contributed by atoms with Crippen molar-refractivity contribution in [2.75, 3.05) is 38.8 Å². The fourth-order valence-corrected chi connectivity index (χ4v) is 2.56. The third-order valence-corrected chi connectivity index (χ3v) is 4.08. The number of hydrogen-bond donors (Lipinski definition) is 1. The molecular weight excluding hydrogens is 360 g/mol. The monoisotopic (exact) mass is 386 g/mol. The van der Waals surface area contributed by atoms with Crippen LogP contribution in [-0.4, -0.2) is 45.7 Å². The first-order chi connectivity index (χ1) is 13.5. The van der Waals surface area contributed by atoms with Crippen LogP contribution in [0.4, 0.5) is 5.69 Å². The predicted octanol–water partition coefficient (Wildman–Crippen LogP) is 2.64. The molecule has 1 N–H and O–H groups in total. The van der Waals surface area contributed by atoms with E-state index in [0.29, 0.717) is 31.2 Å². The molecule has 2 aromatic rings. The first-order valence-corrected chi connectivity index (χ1v) is 8.99. The molecule has 0 fully saturated rings. The highest BCUT2D eigenvalue weighted by atomic mass is 16.5. The molecule has 2 aromatic carbocycles. The van der Waals surface area contributed by atoms with Gasteiger partial charge in [-0.15, -0.1) is 0 Å². The van der Waals surface area contributed by atoms with Crippen molar-refractivity contribution in [3.63, 3.8) is 0 Å². The number of methoxy groups -OCH3 is 2. The molecule has 0 aromatic heterocycles. The normalized spacial score (nSPS) is 10.1. The van der Waals surface area contributed by atoms with Crippen molar-refractivity contribution in [1.82, 2.24) is 5.32 Å². The van der Waals surface area contributed by atoms with Crippen molar-refractivity contribution in [3.05, 3.63) is 48.5 Å². The average Bonchev–Trinajstić information content (AvgIpc) is 2.72. The van der Waals surface area contributed by atoms with E-state index in [-0.39, 0.29) is 18.2 Å². The summed E-state index contributed by atoms with van der Waals surface area (Å²) in [6, 6.07) is 14.4. The van der Waals surface area contributed by atoms with Gasteiger partial charge in [0.2, 0.25) is 11.8 Å². The van der Waals surface area contributed by atoms with E-state index < -0.39 is 0 Å². The second kappa shape index (κ2) is 10.8. The van der Waals surface area contributed by atoms with Crippen LogP contribution >= 0.6 is 0 Å². The van der Waals surface area contributed by atoms with Crippen LogP contribution in [0.5, 0.6) is 17.2 Å². The maximum absolute atomic E-state index is 12.1. The van der Waals surface area contributed by atoms with Crippen molar-refractivity contribution in [3.8, 4) is 17.2 Å². The van der Waals surface area contributed by atoms with Crippen LogP contribution in [0.3, 0.4) is 0 Å². The number of anilines is 1. The van der Waals surface area contributed by atoms with Gasteiger partial charge < -0.3 is 24.4 Å². The van der Waals surface area contributed by atoms with Gasteiger partial charge in [0.25, 0.3) is 0 Å². The van der Waals surface area contributed by atoms with Gasteiger partial charge in [-0.2, -0.15) is 0 Å². The third kappa shape index (κ3) is 6.50. The molecule has 0 heterocycles. The van der Waals surface area contributed by atoms with Gasteiger partial charge in [0.15, 0.2) is 0 Å². The molecule has 0 aliphatic rings. The summed E-state index contributed by atoms with van der Waals surface area (Å²) in [5, 5.41) is 2.79. The molecule has 0 aliphatic heterocycles.